The van der Waals surface area contributed by atoms with E-state index in [0.717, 1.165) is 10.0 Å². The van der Waals surface area contributed by atoms with Gasteiger partial charge in [0.05, 0.1) is 10.9 Å². The Morgan fingerprint density at radius 2 is 2.06 bits per heavy atom. The van der Waals surface area contributed by atoms with Crippen molar-refractivity contribution in [1.29, 1.82) is 0 Å². The summed E-state index contributed by atoms with van der Waals surface area (Å²) in [4.78, 5) is 10.9. The summed E-state index contributed by atoms with van der Waals surface area (Å²) in [5.41, 5.74) is 0.440. The minimum atomic E-state index is -0.818. The number of carboxylic acid groups (broad SMARTS) is 1. The summed E-state index contributed by atoms with van der Waals surface area (Å²) < 4.78 is 11.8. The highest BCUT2D eigenvalue weighted by Gasteiger charge is 2.29. The molecule has 1 aromatic carbocycles. The molecule has 0 atom stereocenters. The van der Waals surface area contributed by atoms with Gasteiger partial charge in [-0.3, -0.25) is 4.79 Å². The smallest absolute Gasteiger partial charge is 0.304 e. The van der Waals surface area contributed by atoms with Gasteiger partial charge in [-0.25, -0.2) is 0 Å². The molecular weight excluding hydrogens is 300 g/mol. The first-order valence-electron chi connectivity index (χ1n) is 5.72. The molecule has 1 aliphatic heterocycles. The van der Waals surface area contributed by atoms with E-state index in [-0.39, 0.29) is 6.42 Å². The topological polar surface area (TPSA) is 55.8 Å². The van der Waals surface area contributed by atoms with Gasteiger partial charge < -0.3 is 14.6 Å². The molecule has 1 aromatic rings. The largest absolute Gasteiger partial charge is 0.486 e. The molecule has 0 fully saturated rings. The zero-order valence-electron chi connectivity index (χ0n) is 10.3. The number of carboxylic acids is 1. The van der Waals surface area contributed by atoms with Crippen molar-refractivity contribution in [2.45, 2.75) is 25.7 Å². The van der Waals surface area contributed by atoms with Crippen LogP contribution in [0.15, 0.2) is 16.6 Å². The molecule has 18 heavy (non-hydrogen) atoms. The normalized spacial score (nSPS) is 14.4. The fraction of sp³-hybridized carbons (Fsp3) is 0.462. The van der Waals surface area contributed by atoms with Crippen LogP contribution >= 0.6 is 15.9 Å². The standard InChI is InChI=1S/C13H15BrO4/c1-13(2,7-10(15)16)8-3-4-9-12(11(8)14)18-6-5-17-9/h3-4H,5-7H2,1-2H3,(H,15,16). The monoisotopic (exact) mass is 314 g/mol. The van der Waals surface area contributed by atoms with Crippen LogP contribution in [0.5, 0.6) is 11.5 Å². The number of benzene rings is 1. The van der Waals surface area contributed by atoms with Crippen molar-refractivity contribution < 1.29 is 19.4 Å². The van der Waals surface area contributed by atoms with E-state index in [0.29, 0.717) is 24.7 Å². The number of fused-ring (bicyclic) bond motifs is 1. The zero-order valence-corrected chi connectivity index (χ0v) is 11.9. The highest BCUT2D eigenvalue weighted by atomic mass is 79.9. The van der Waals surface area contributed by atoms with E-state index >= 15 is 0 Å². The molecule has 0 radical (unpaired) electrons. The van der Waals surface area contributed by atoms with Crippen LogP contribution in [0.2, 0.25) is 0 Å². The van der Waals surface area contributed by atoms with Crippen LogP contribution in [0.1, 0.15) is 25.8 Å². The average Bonchev–Trinajstić information content (AvgIpc) is 2.27. The Balaban J connectivity index is 2.43. The van der Waals surface area contributed by atoms with Gasteiger partial charge in [0.15, 0.2) is 11.5 Å². The second-order valence-corrected chi connectivity index (χ2v) is 5.70. The molecule has 5 heteroatoms. The zero-order chi connectivity index (χ0) is 13.3. The lowest BCUT2D eigenvalue weighted by molar-refractivity contribution is -0.138. The molecule has 0 aliphatic carbocycles. The van der Waals surface area contributed by atoms with Gasteiger partial charge in [0, 0.05) is 5.41 Å². The Hall–Kier alpha value is -1.23. The Morgan fingerprint density at radius 3 is 2.72 bits per heavy atom. The third kappa shape index (κ3) is 2.46. The second-order valence-electron chi connectivity index (χ2n) is 4.91. The van der Waals surface area contributed by atoms with Gasteiger partial charge in [0.1, 0.15) is 13.2 Å². The van der Waals surface area contributed by atoms with Crippen LogP contribution in [0.25, 0.3) is 0 Å². The molecule has 1 N–H and O–H groups in total. The van der Waals surface area contributed by atoms with Crippen molar-refractivity contribution in [2.24, 2.45) is 0 Å². The maximum Gasteiger partial charge on any atom is 0.304 e. The number of hydrogen-bond acceptors (Lipinski definition) is 3. The SMILES string of the molecule is CC(C)(CC(=O)O)c1ccc2c(c1Br)OCCO2. The Morgan fingerprint density at radius 1 is 1.39 bits per heavy atom. The first-order valence-corrected chi connectivity index (χ1v) is 6.51. The van der Waals surface area contributed by atoms with Crippen LogP contribution in [0.4, 0.5) is 0 Å². The lowest BCUT2D eigenvalue weighted by Gasteiger charge is -2.28. The van der Waals surface area contributed by atoms with Gasteiger partial charge in [-0.15, -0.1) is 0 Å². The van der Waals surface area contributed by atoms with Crippen molar-refractivity contribution in [3.05, 3.63) is 22.2 Å². The highest BCUT2D eigenvalue weighted by Crippen LogP contribution is 2.44. The maximum atomic E-state index is 10.9. The maximum absolute atomic E-state index is 10.9. The van der Waals surface area contributed by atoms with Gasteiger partial charge >= 0.3 is 5.97 Å². The van der Waals surface area contributed by atoms with Crippen molar-refractivity contribution in [3.8, 4) is 11.5 Å². The van der Waals surface area contributed by atoms with Crippen molar-refractivity contribution in [1.82, 2.24) is 0 Å². The van der Waals surface area contributed by atoms with Crippen molar-refractivity contribution in [2.75, 3.05) is 13.2 Å². The number of aliphatic carboxylic acids is 1. The first kappa shape index (κ1) is 13.2. The summed E-state index contributed by atoms with van der Waals surface area (Å²) in [6.45, 7) is 4.85. The molecule has 0 saturated carbocycles. The van der Waals surface area contributed by atoms with Crippen LogP contribution in [0.3, 0.4) is 0 Å². The molecule has 4 nitrogen and oxygen atoms in total. The highest BCUT2D eigenvalue weighted by molar-refractivity contribution is 9.10. The van der Waals surface area contributed by atoms with Gasteiger partial charge in [-0.1, -0.05) is 19.9 Å². The minimum absolute atomic E-state index is 0.0608. The summed E-state index contributed by atoms with van der Waals surface area (Å²) in [5, 5.41) is 8.97. The lowest BCUT2D eigenvalue weighted by Crippen LogP contribution is -2.23. The van der Waals surface area contributed by atoms with Gasteiger partial charge in [-0.05, 0) is 27.6 Å². The minimum Gasteiger partial charge on any atom is -0.486 e. The number of halogens is 1. The lowest BCUT2D eigenvalue weighted by atomic mass is 9.81. The van der Waals surface area contributed by atoms with E-state index in [9.17, 15) is 4.79 Å². The van der Waals surface area contributed by atoms with E-state index in [1.807, 2.05) is 26.0 Å². The number of carbonyl (C=O) groups is 1. The summed E-state index contributed by atoms with van der Waals surface area (Å²) in [5.74, 6) is 0.544. The van der Waals surface area contributed by atoms with E-state index < -0.39 is 11.4 Å². The molecule has 0 saturated heterocycles. The van der Waals surface area contributed by atoms with Crippen LogP contribution in [0, 0.1) is 0 Å². The third-order valence-corrected chi connectivity index (χ3v) is 3.76. The summed E-state index contributed by atoms with van der Waals surface area (Å²) in [6.07, 6.45) is 0.0608. The summed E-state index contributed by atoms with van der Waals surface area (Å²) in [7, 11) is 0. The van der Waals surface area contributed by atoms with Crippen LogP contribution in [-0.4, -0.2) is 24.3 Å². The summed E-state index contributed by atoms with van der Waals surface area (Å²) >= 11 is 3.49. The van der Waals surface area contributed by atoms with E-state index in [4.69, 9.17) is 14.6 Å². The molecule has 98 valence electrons. The molecule has 2 rings (SSSR count). The fourth-order valence-electron chi connectivity index (χ4n) is 2.08. The molecule has 0 unspecified atom stereocenters. The fourth-order valence-corrected chi connectivity index (χ4v) is 3.06. The van der Waals surface area contributed by atoms with E-state index in [1.165, 1.54) is 0 Å². The Kier molecular flexibility index (Phi) is 3.52. The first-order chi connectivity index (χ1) is 8.42. The van der Waals surface area contributed by atoms with E-state index in [1.54, 1.807) is 0 Å². The second kappa shape index (κ2) is 4.80. The van der Waals surface area contributed by atoms with E-state index in [2.05, 4.69) is 15.9 Å². The molecule has 1 aliphatic rings. The molecular formula is C13H15BrO4. The molecule has 0 spiro atoms. The quantitative estimate of drug-likeness (QED) is 0.932. The Bertz CT molecular complexity index is 482. The van der Waals surface area contributed by atoms with Crippen molar-refractivity contribution >= 4 is 21.9 Å². The molecule has 0 amide bonds. The van der Waals surface area contributed by atoms with Gasteiger partial charge in [0.25, 0.3) is 0 Å². The molecule has 0 bridgehead atoms. The average molecular weight is 315 g/mol. The molecule has 1 heterocycles. The van der Waals surface area contributed by atoms with Gasteiger partial charge in [0.2, 0.25) is 0 Å². The number of rotatable bonds is 3. The van der Waals surface area contributed by atoms with Crippen LogP contribution in [-0.2, 0) is 10.2 Å². The predicted octanol–water partition coefficient (Wildman–Crippen LogP) is 2.97. The van der Waals surface area contributed by atoms with Crippen LogP contribution < -0.4 is 9.47 Å². The van der Waals surface area contributed by atoms with Gasteiger partial charge in [-0.2, -0.15) is 0 Å². The Labute approximate surface area is 114 Å². The predicted molar refractivity (Wildman–Crippen MR) is 70.4 cm³/mol. The summed E-state index contributed by atoms with van der Waals surface area (Å²) in [6, 6.07) is 3.72. The number of hydrogen-bond donors (Lipinski definition) is 1. The van der Waals surface area contributed by atoms with Crippen molar-refractivity contribution in [3.63, 3.8) is 0 Å². The third-order valence-electron chi connectivity index (χ3n) is 2.97. The molecule has 0 aromatic heterocycles. The number of ether oxygens (including phenoxy) is 2.